The largest absolute Gasteiger partial charge is 0.370 e. The van der Waals surface area contributed by atoms with Crippen molar-refractivity contribution in [3.8, 4) is 0 Å². The molecule has 1 aromatic heterocycles. The summed E-state index contributed by atoms with van der Waals surface area (Å²) in [4.78, 5) is 10.3. The molecule has 1 fully saturated rings. The molecule has 1 aromatic rings. The van der Waals surface area contributed by atoms with E-state index in [-0.39, 0.29) is 0 Å². The first-order valence-corrected chi connectivity index (χ1v) is 5.25. The lowest BCUT2D eigenvalue weighted by Gasteiger charge is -2.11. The van der Waals surface area contributed by atoms with Gasteiger partial charge in [0.25, 0.3) is 0 Å². The van der Waals surface area contributed by atoms with E-state index < -0.39 is 0 Å². The van der Waals surface area contributed by atoms with Gasteiger partial charge in [0.1, 0.15) is 5.82 Å². The molecule has 5 heteroatoms. The van der Waals surface area contributed by atoms with Gasteiger partial charge in [-0.15, -0.1) is 0 Å². The van der Waals surface area contributed by atoms with Crippen molar-refractivity contribution in [1.82, 2.24) is 14.9 Å². The highest BCUT2D eigenvalue weighted by Gasteiger charge is 2.18. The summed E-state index contributed by atoms with van der Waals surface area (Å²) < 4.78 is 0. The molecule has 1 aliphatic heterocycles. The fourth-order valence-electron chi connectivity index (χ4n) is 1.91. The summed E-state index contributed by atoms with van der Waals surface area (Å²) in [6.45, 7) is 3.31. The summed E-state index contributed by atoms with van der Waals surface area (Å²) in [6, 6.07) is 1.84. The van der Waals surface area contributed by atoms with Crippen molar-refractivity contribution in [2.45, 2.75) is 6.42 Å². The normalized spacial score (nSPS) is 21.8. The summed E-state index contributed by atoms with van der Waals surface area (Å²) >= 11 is 0. The third-order valence-corrected chi connectivity index (χ3v) is 2.74. The molecule has 2 heterocycles. The van der Waals surface area contributed by atoms with Crippen molar-refractivity contribution < 1.29 is 0 Å². The van der Waals surface area contributed by atoms with E-state index in [0.29, 0.717) is 11.9 Å². The smallest absolute Gasteiger partial charge is 0.221 e. The van der Waals surface area contributed by atoms with Gasteiger partial charge >= 0.3 is 0 Å². The Balaban J connectivity index is 1.83. The van der Waals surface area contributed by atoms with Crippen molar-refractivity contribution in [2.75, 3.05) is 37.7 Å². The molecule has 0 spiro atoms. The van der Waals surface area contributed by atoms with E-state index in [4.69, 9.17) is 5.73 Å². The van der Waals surface area contributed by atoms with E-state index in [9.17, 15) is 0 Å². The van der Waals surface area contributed by atoms with Crippen molar-refractivity contribution in [1.29, 1.82) is 0 Å². The SMILES string of the molecule is CN1CCC(CNc2ccnc(N)n2)C1. The van der Waals surface area contributed by atoms with Crippen LogP contribution in [0, 0.1) is 5.92 Å². The number of nitrogens with one attached hydrogen (secondary N) is 1. The van der Waals surface area contributed by atoms with Gasteiger partial charge in [0, 0.05) is 19.3 Å². The Bertz CT molecular complexity index is 327. The Kier molecular flexibility index (Phi) is 3.01. The van der Waals surface area contributed by atoms with Gasteiger partial charge in [-0.1, -0.05) is 0 Å². The van der Waals surface area contributed by atoms with Crippen LogP contribution in [0.15, 0.2) is 12.3 Å². The lowest BCUT2D eigenvalue weighted by atomic mass is 10.1. The van der Waals surface area contributed by atoms with Crippen LogP contribution in [-0.2, 0) is 0 Å². The average molecular weight is 207 g/mol. The molecule has 0 amide bonds. The Labute approximate surface area is 89.7 Å². The Hall–Kier alpha value is -1.36. The molecule has 0 bridgehead atoms. The predicted molar refractivity (Wildman–Crippen MR) is 60.5 cm³/mol. The van der Waals surface area contributed by atoms with E-state index in [1.54, 1.807) is 6.20 Å². The number of hydrogen-bond donors (Lipinski definition) is 2. The monoisotopic (exact) mass is 207 g/mol. The van der Waals surface area contributed by atoms with Gasteiger partial charge in [0.05, 0.1) is 0 Å². The van der Waals surface area contributed by atoms with Gasteiger partial charge in [-0.25, -0.2) is 4.98 Å². The highest BCUT2D eigenvalue weighted by molar-refractivity contribution is 5.37. The molecule has 0 aromatic carbocycles. The van der Waals surface area contributed by atoms with Crippen LogP contribution in [0.3, 0.4) is 0 Å². The minimum Gasteiger partial charge on any atom is -0.370 e. The molecule has 82 valence electrons. The third-order valence-electron chi connectivity index (χ3n) is 2.74. The van der Waals surface area contributed by atoms with Crippen molar-refractivity contribution in [2.24, 2.45) is 5.92 Å². The number of nitrogens with two attached hydrogens (primary N) is 1. The number of nitrogens with zero attached hydrogens (tertiary/aromatic N) is 3. The van der Waals surface area contributed by atoms with Crippen LogP contribution >= 0.6 is 0 Å². The van der Waals surface area contributed by atoms with Crippen LogP contribution in [-0.4, -0.2) is 41.5 Å². The second-order valence-electron chi connectivity index (χ2n) is 4.10. The first-order chi connectivity index (χ1) is 7.24. The van der Waals surface area contributed by atoms with Gasteiger partial charge < -0.3 is 16.0 Å². The highest BCUT2D eigenvalue weighted by atomic mass is 15.1. The summed E-state index contributed by atoms with van der Waals surface area (Å²) in [5, 5.41) is 3.29. The Morgan fingerprint density at radius 2 is 2.53 bits per heavy atom. The van der Waals surface area contributed by atoms with Crippen molar-refractivity contribution >= 4 is 11.8 Å². The third kappa shape index (κ3) is 2.79. The van der Waals surface area contributed by atoms with Gasteiger partial charge in [-0.2, -0.15) is 4.98 Å². The Morgan fingerprint density at radius 1 is 1.67 bits per heavy atom. The Morgan fingerprint density at radius 3 is 3.20 bits per heavy atom. The zero-order valence-corrected chi connectivity index (χ0v) is 8.98. The number of nitrogen functional groups attached to an aromatic ring is 1. The molecular weight excluding hydrogens is 190 g/mol. The molecule has 15 heavy (non-hydrogen) atoms. The summed E-state index contributed by atoms with van der Waals surface area (Å²) in [5.74, 6) is 1.85. The van der Waals surface area contributed by atoms with Gasteiger partial charge in [-0.05, 0) is 32.0 Å². The van der Waals surface area contributed by atoms with E-state index in [1.807, 2.05) is 6.07 Å². The average Bonchev–Trinajstić information content (AvgIpc) is 2.62. The zero-order chi connectivity index (χ0) is 10.7. The van der Waals surface area contributed by atoms with Crippen LogP contribution in [0.4, 0.5) is 11.8 Å². The quantitative estimate of drug-likeness (QED) is 0.752. The van der Waals surface area contributed by atoms with Gasteiger partial charge in [0.15, 0.2) is 0 Å². The van der Waals surface area contributed by atoms with Crippen molar-refractivity contribution in [3.05, 3.63) is 12.3 Å². The molecule has 1 unspecified atom stereocenters. The molecular formula is C10H17N5. The van der Waals surface area contributed by atoms with E-state index in [2.05, 4.69) is 27.2 Å². The number of anilines is 2. The van der Waals surface area contributed by atoms with Gasteiger partial charge in [-0.3, -0.25) is 0 Å². The van der Waals surface area contributed by atoms with Crippen molar-refractivity contribution in [3.63, 3.8) is 0 Å². The molecule has 1 aliphatic rings. The van der Waals surface area contributed by atoms with Crippen LogP contribution in [0.2, 0.25) is 0 Å². The summed E-state index contributed by atoms with van der Waals surface area (Å²) in [7, 11) is 2.16. The lowest BCUT2D eigenvalue weighted by Crippen LogP contribution is -2.19. The number of hydrogen-bond acceptors (Lipinski definition) is 5. The first-order valence-electron chi connectivity index (χ1n) is 5.25. The van der Waals surface area contributed by atoms with Crippen LogP contribution in [0.25, 0.3) is 0 Å². The maximum atomic E-state index is 5.49. The number of likely N-dealkylation sites (tertiary alicyclic amines) is 1. The molecule has 1 atom stereocenters. The van der Waals surface area contributed by atoms with E-state index in [1.165, 1.54) is 13.0 Å². The molecule has 0 saturated carbocycles. The molecule has 0 aliphatic carbocycles. The van der Waals surface area contributed by atoms with E-state index >= 15 is 0 Å². The second kappa shape index (κ2) is 4.44. The molecule has 3 N–H and O–H groups in total. The number of rotatable bonds is 3. The minimum absolute atomic E-state index is 0.323. The van der Waals surface area contributed by atoms with E-state index in [0.717, 1.165) is 18.9 Å². The first kappa shape index (κ1) is 10.2. The molecule has 1 saturated heterocycles. The van der Waals surface area contributed by atoms with Crippen LogP contribution < -0.4 is 11.1 Å². The molecule has 2 rings (SSSR count). The zero-order valence-electron chi connectivity index (χ0n) is 8.98. The standard InChI is InChI=1S/C10H17N5/c1-15-5-3-8(7-15)6-13-9-2-4-12-10(11)14-9/h2,4,8H,3,5-7H2,1H3,(H3,11,12,13,14). The highest BCUT2D eigenvalue weighted by Crippen LogP contribution is 2.14. The maximum absolute atomic E-state index is 5.49. The fourth-order valence-corrected chi connectivity index (χ4v) is 1.91. The fraction of sp³-hybridized carbons (Fsp3) is 0.600. The van der Waals surface area contributed by atoms with Gasteiger partial charge in [0.2, 0.25) is 5.95 Å². The number of aromatic nitrogens is 2. The minimum atomic E-state index is 0.323. The summed E-state index contributed by atoms with van der Waals surface area (Å²) in [5.41, 5.74) is 5.49. The lowest BCUT2D eigenvalue weighted by molar-refractivity contribution is 0.399. The molecule has 5 nitrogen and oxygen atoms in total. The second-order valence-corrected chi connectivity index (χ2v) is 4.10. The predicted octanol–water partition coefficient (Wildman–Crippen LogP) is 0.422. The van der Waals surface area contributed by atoms with Crippen LogP contribution in [0.1, 0.15) is 6.42 Å². The topological polar surface area (TPSA) is 67.1 Å². The maximum Gasteiger partial charge on any atom is 0.221 e. The summed E-state index contributed by atoms with van der Waals surface area (Å²) in [6.07, 6.45) is 2.93. The molecule has 0 radical (unpaired) electrons. The van der Waals surface area contributed by atoms with Crippen LogP contribution in [0.5, 0.6) is 0 Å².